The van der Waals surface area contributed by atoms with E-state index in [-0.39, 0.29) is 0 Å². The van der Waals surface area contributed by atoms with Gasteiger partial charge in [-0.2, -0.15) is 13.2 Å². The van der Waals surface area contributed by atoms with Crippen molar-refractivity contribution in [2.45, 2.75) is 6.18 Å². The molecule has 9 heteroatoms. The Morgan fingerprint density at radius 3 is 2.48 bits per heavy atom. The highest BCUT2D eigenvalue weighted by Crippen LogP contribution is 2.17. The molecular formula is C12H12ClF3N2O3. The Hall–Kier alpha value is -1.80. The summed E-state index contributed by atoms with van der Waals surface area (Å²) in [5.74, 6) is -2.21. The minimum atomic E-state index is -4.59. The highest BCUT2D eigenvalue weighted by atomic mass is 35.5. The Kier molecular flexibility index (Phi) is 5.98. The summed E-state index contributed by atoms with van der Waals surface area (Å²) >= 11 is 5.70. The van der Waals surface area contributed by atoms with Crippen LogP contribution in [0.1, 0.15) is 0 Å². The fourth-order valence-corrected chi connectivity index (χ4v) is 1.77. The molecule has 0 spiro atoms. The van der Waals surface area contributed by atoms with Crippen molar-refractivity contribution in [2.24, 2.45) is 0 Å². The van der Waals surface area contributed by atoms with E-state index < -0.39 is 37.7 Å². The number of aliphatic carboxylic acids is 1. The van der Waals surface area contributed by atoms with E-state index in [2.05, 4.69) is 5.32 Å². The summed E-state index contributed by atoms with van der Waals surface area (Å²) in [4.78, 5) is 22.7. The maximum absolute atomic E-state index is 12.3. The van der Waals surface area contributed by atoms with Crippen molar-refractivity contribution >= 4 is 29.2 Å². The minimum absolute atomic E-state index is 0.315. The van der Waals surface area contributed by atoms with Crippen LogP contribution in [-0.2, 0) is 9.59 Å². The molecule has 0 atom stereocenters. The van der Waals surface area contributed by atoms with E-state index in [9.17, 15) is 22.8 Å². The molecule has 0 aliphatic carbocycles. The summed E-state index contributed by atoms with van der Waals surface area (Å²) in [5, 5.41) is 11.3. The van der Waals surface area contributed by atoms with Crippen molar-refractivity contribution < 1.29 is 27.9 Å². The Morgan fingerprint density at radius 2 is 1.95 bits per heavy atom. The third-order valence-corrected chi connectivity index (χ3v) is 2.47. The van der Waals surface area contributed by atoms with Crippen molar-refractivity contribution in [1.82, 2.24) is 4.90 Å². The molecule has 0 aliphatic rings. The highest BCUT2D eigenvalue weighted by molar-refractivity contribution is 6.30. The first kappa shape index (κ1) is 17.3. The maximum Gasteiger partial charge on any atom is 0.401 e. The van der Waals surface area contributed by atoms with Crippen LogP contribution in [0.2, 0.25) is 5.02 Å². The molecule has 5 nitrogen and oxygen atoms in total. The lowest BCUT2D eigenvalue weighted by atomic mass is 10.3. The van der Waals surface area contributed by atoms with Crippen LogP contribution in [0.25, 0.3) is 0 Å². The van der Waals surface area contributed by atoms with Crippen LogP contribution in [0.5, 0.6) is 0 Å². The maximum atomic E-state index is 12.3. The van der Waals surface area contributed by atoms with Crippen LogP contribution in [0.15, 0.2) is 24.3 Å². The molecule has 0 saturated heterocycles. The molecule has 1 rings (SSSR count). The number of halogens is 4. The molecule has 0 saturated carbocycles. The second kappa shape index (κ2) is 7.28. The van der Waals surface area contributed by atoms with Gasteiger partial charge in [0.05, 0.1) is 19.6 Å². The van der Waals surface area contributed by atoms with Gasteiger partial charge in [0, 0.05) is 10.7 Å². The first-order valence-electron chi connectivity index (χ1n) is 5.72. The average molecular weight is 325 g/mol. The van der Waals surface area contributed by atoms with Gasteiger partial charge in [0.25, 0.3) is 0 Å². The molecule has 21 heavy (non-hydrogen) atoms. The molecule has 0 radical (unpaired) electrons. The van der Waals surface area contributed by atoms with Crippen LogP contribution in [0, 0.1) is 0 Å². The van der Waals surface area contributed by atoms with Crippen LogP contribution in [0.4, 0.5) is 18.9 Å². The van der Waals surface area contributed by atoms with E-state index in [1.54, 1.807) is 12.1 Å². The van der Waals surface area contributed by atoms with Gasteiger partial charge >= 0.3 is 12.1 Å². The molecule has 0 unspecified atom stereocenters. The van der Waals surface area contributed by atoms with Gasteiger partial charge < -0.3 is 10.4 Å². The van der Waals surface area contributed by atoms with E-state index in [1.165, 1.54) is 12.1 Å². The molecule has 0 bridgehead atoms. The number of hydrogen-bond acceptors (Lipinski definition) is 3. The predicted octanol–water partition coefficient (Wildman–Crippen LogP) is 2.23. The topological polar surface area (TPSA) is 69.6 Å². The van der Waals surface area contributed by atoms with Gasteiger partial charge in [-0.3, -0.25) is 14.5 Å². The lowest BCUT2D eigenvalue weighted by Crippen LogP contribution is -2.42. The van der Waals surface area contributed by atoms with Gasteiger partial charge in [-0.15, -0.1) is 0 Å². The first-order chi connectivity index (χ1) is 9.65. The summed E-state index contributed by atoms with van der Waals surface area (Å²) in [6.07, 6.45) is -4.59. The normalized spacial score (nSPS) is 11.5. The van der Waals surface area contributed by atoms with E-state index in [0.29, 0.717) is 15.6 Å². The molecule has 1 aromatic rings. The number of alkyl halides is 3. The van der Waals surface area contributed by atoms with E-state index in [1.807, 2.05) is 0 Å². The van der Waals surface area contributed by atoms with Crippen molar-refractivity contribution in [3.8, 4) is 0 Å². The van der Waals surface area contributed by atoms with Crippen molar-refractivity contribution in [3.63, 3.8) is 0 Å². The highest BCUT2D eigenvalue weighted by Gasteiger charge is 2.32. The van der Waals surface area contributed by atoms with E-state index in [0.717, 1.165) is 0 Å². The Labute approximate surface area is 123 Å². The molecule has 0 heterocycles. The molecule has 0 aliphatic heterocycles. The zero-order valence-electron chi connectivity index (χ0n) is 10.7. The van der Waals surface area contributed by atoms with Gasteiger partial charge in [0.15, 0.2) is 0 Å². The van der Waals surface area contributed by atoms with Gasteiger partial charge in [0.2, 0.25) is 5.91 Å². The standard InChI is InChI=1S/C12H12ClF3N2O3/c13-8-2-1-3-9(4-8)17-10(19)5-18(6-11(20)21)7-12(14,15)16/h1-4H,5-7H2,(H,17,19)(H,20,21). The zero-order valence-corrected chi connectivity index (χ0v) is 11.4. The number of benzene rings is 1. The van der Waals surface area contributed by atoms with Gasteiger partial charge in [-0.25, -0.2) is 0 Å². The lowest BCUT2D eigenvalue weighted by molar-refractivity contribution is -0.154. The number of rotatable bonds is 6. The summed E-state index contributed by atoms with van der Waals surface area (Å²) in [7, 11) is 0. The number of amides is 1. The van der Waals surface area contributed by atoms with Gasteiger partial charge in [-0.05, 0) is 18.2 Å². The van der Waals surface area contributed by atoms with Crippen molar-refractivity contribution in [1.29, 1.82) is 0 Å². The van der Waals surface area contributed by atoms with Gasteiger partial charge in [-0.1, -0.05) is 17.7 Å². The number of nitrogens with zero attached hydrogens (tertiary/aromatic N) is 1. The molecule has 0 aromatic heterocycles. The quantitative estimate of drug-likeness (QED) is 0.842. The summed E-state index contributed by atoms with van der Waals surface area (Å²) in [6, 6.07) is 6.06. The smallest absolute Gasteiger partial charge is 0.401 e. The average Bonchev–Trinajstić information content (AvgIpc) is 2.24. The number of carboxylic acids is 1. The fourth-order valence-electron chi connectivity index (χ4n) is 1.58. The molecule has 1 aromatic carbocycles. The number of anilines is 1. The van der Waals surface area contributed by atoms with Crippen LogP contribution in [-0.4, -0.2) is 47.7 Å². The number of carbonyl (C=O) groups excluding carboxylic acids is 1. The molecule has 116 valence electrons. The fraction of sp³-hybridized carbons (Fsp3) is 0.333. The Bertz CT molecular complexity index is 523. The molecule has 1 amide bonds. The summed E-state index contributed by atoms with van der Waals surface area (Å²) in [5.41, 5.74) is 0.315. The van der Waals surface area contributed by atoms with Crippen LogP contribution < -0.4 is 5.32 Å². The number of carbonyl (C=O) groups is 2. The first-order valence-corrected chi connectivity index (χ1v) is 6.10. The zero-order chi connectivity index (χ0) is 16.0. The third kappa shape index (κ3) is 7.52. The molecule has 0 fully saturated rings. The largest absolute Gasteiger partial charge is 0.480 e. The number of nitrogens with one attached hydrogen (secondary N) is 1. The van der Waals surface area contributed by atoms with E-state index in [4.69, 9.17) is 16.7 Å². The summed E-state index contributed by atoms with van der Waals surface area (Å²) < 4.78 is 36.9. The summed E-state index contributed by atoms with van der Waals surface area (Å²) in [6.45, 7) is -3.07. The van der Waals surface area contributed by atoms with Crippen molar-refractivity contribution in [2.75, 3.05) is 25.0 Å². The van der Waals surface area contributed by atoms with Crippen LogP contribution >= 0.6 is 11.6 Å². The Balaban J connectivity index is 2.65. The SMILES string of the molecule is O=C(O)CN(CC(=O)Nc1cccc(Cl)c1)CC(F)(F)F. The van der Waals surface area contributed by atoms with Crippen LogP contribution in [0.3, 0.4) is 0 Å². The Morgan fingerprint density at radius 1 is 1.29 bits per heavy atom. The van der Waals surface area contributed by atoms with Crippen molar-refractivity contribution in [3.05, 3.63) is 29.3 Å². The third-order valence-electron chi connectivity index (χ3n) is 2.24. The predicted molar refractivity (Wildman–Crippen MR) is 70.2 cm³/mol. The van der Waals surface area contributed by atoms with Gasteiger partial charge in [0.1, 0.15) is 0 Å². The molecular weight excluding hydrogens is 313 g/mol. The minimum Gasteiger partial charge on any atom is -0.480 e. The van der Waals surface area contributed by atoms with E-state index >= 15 is 0 Å². The molecule has 2 N–H and O–H groups in total. The lowest BCUT2D eigenvalue weighted by Gasteiger charge is -2.21. The monoisotopic (exact) mass is 324 g/mol. The number of hydrogen-bond donors (Lipinski definition) is 2. The second-order valence-electron chi connectivity index (χ2n) is 4.21. The second-order valence-corrected chi connectivity index (χ2v) is 4.65. The number of carboxylic acid groups (broad SMARTS) is 1.